The molecule has 0 aliphatic heterocycles. The van der Waals surface area contributed by atoms with Crippen molar-refractivity contribution < 1.29 is 18.7 Å². The lowest BCUT2D eigenvalue weighted by Crippen LogP contribution is -2.03. The molecule has 0 atom stereocenters. The van der Waals surface area contributed by atoms with Gasteiger partial charge in [-0.05, 0) is 12.1 Å². The molecule has 0 saturated carbocycles. The maximum absolute atomic E-state index is 12.9. The standard InChI is InChI=1S/C12H5Cl3F2N2O2/c13-4-1-2-6(19-9(4)12(20)21)10-8(15)7(11(16)17)5(14)3-18-10/h1-3,11H,(H,20,21). The number of pyridine rings is 2. The SMILES string of the molecule is O=C(O)c1nc(-c2ncc(Cl)c(C(F)F)c2Cl)ccc1Cl. The van der Waals surface area contributed by atoms with Crippen LogP contribution in [0.2, 0.25) is 15.1 Å². The van der Waals surface area contributed by atoms with Crippen molar-refractivity contribution >= 4 is 40.8 Å². The number of carbonyl (C=O) groups is 1. The predicted molar refractivity (Wildman–Crippen MR) is 74.4 cm³/mol. The number of nitrogens with zero attached hydrogens (tertiary/aromatic N) is 2. The van der Waals surface area contributed by atoms with Crippen molar-refractivity contribution in [3.63, 3.8) is 0 Å². The molecule has 0 unspecified atom stereocenters. The lowest BCUT2D eigenvalue weighted by molar-refractivity contribution is 0.0691. The van der Waals surface area contributed by atoms with E-state index in [4.69, 9.17) is 39.9 Å². The van der Waals surface area contributed by atoms with Gasteiger partial charge >= 0.3 is 5.97 Å². The first-order chi connectivity index (χ1) is 9.82. The zero-order chi connectivity index (χ0) is 15.7. The van der Waals surface area contributed by atoms with E-state index in [-0.39, 0.29) is 26.5 Å². The van der Waals surface area contributed by atoms with Crippen LogP contribution in [-0.4, -0.2) is 21.0 Å². The van der Waals surface area contributed by atoms with Crippen molar-refractivity contribution in [1.29, 1.82) is 0 Å². The van der Waals surface area contributed by atoms with Gasteiger partial charge in [0.1, 0.15) is 5.69 Å². The molecule has 2 aromatic heterocycles. The Balaban J connectivity index is 2.65. The Kier molecular flexibility index (Phi) is 4.61. The third-order valence-electron chi connectivity index (χ3n) is 2.52. The van der Waals surface area contributed by atoms with Crippen molar-refractivity contribution in [2.75, 3.05) is 0 Å². The van der Waals surface area contributed by atoms with E-state index >= 15 is 0 Å². The molecule has 0 fully saturated rings. The van der Waals surface area contributed by atoms with Crippen molar-refractivity contribution in [1.82, 2.24) is 9.97 Å². The average Bonchev–Trinajstić information content (AvgIpc) is 2.39. The molecule has 0 bridgehead atoms. The molecule has 0 aromatic carbocycles. The molecule has 0 spiro atoms. The zero-order valence-electron chi connectivity index (χ0n) is 9.95. The lowest BCUT2D eigenvalue weighted by atomic mass is 10.1. The van der Waals surface area contributed by atoms with Gasteiger partial charge in [-0.3, -0.25) is 4.98 Å². The third kappa shape index (κ3) is 3.07. The molecule has 0 amide bonds. The van der Waals surface area contributed by atoms with Crippen LogP contribution < -0.4 is 0 Å². The van der Waals surface area contributed by atoms with Gasteiger partial charge < -0.3 is 5.11 Å². The van der Waals surface area contributed by atoms with Gasteiger partial charge in [-0.1, -0.05) is 34.8 Å². The van der Waals surface area contributed by atoms with E-state index in [0.717, 1.165) is 6.20 Å². The number of carboxylic acid groups (broad SMARTS) is 1. The number of aromatic nitrogens is 2. The van der Waals surface area contributed by atoms with E-state index in [9.17, 15) is 13.6 Å². The Morgan fingerprint density at radius 2 is 1.86 bits per heavy atom. The number of hydrogen-bond acceptors (Lipinski definition) is 3. The molecule has 110 valence electrons. The molecule has 1 N–H and O–H groups in total. The van der Waals surface area contributed by atoms with Crippen molar-refractivity contribution in [3.05, 3.63) is 44.7 Å². The minimum atomic E-state index is -2.90. The van der Waals surface area contributed by atoms with Crippen LogP contribution in [-0.2, 0) is 0 Å². The smallest absolute Gasteiger partial charge is 0.356 e. The average molecular weight is 354 g/mol. The Labute approximate surface area is 132 Å². The van der Waals surface area contributed by atoms with E-state index in [1.807, 2.05) is 0 Å². The van der Waals surface area contributed by atoms with E-state index in [1.54, 1.807) is 0 Å². The summed E-state index contributed by atoms with van der Waals surface area (Å²) >= 11 is 17.2. The second kappa shape index (κ2) is 6.09. The van der Waals surface area contributed by atoms with Crippen molar-refractivity contribution in [2.45, 2.75) is 6.43 Å². The maximum Gasteiger partial charge on any atom is 0.356 e. The van der Waals surface area contributed by atoms with Gasteiger partial charge in [0.05, 0.1) is 26.3 Å². The first-order valence-electron chi connectivity index (χ1n) is 5.35. The fourth-order valence-corrected chi connectivity index (χ4v) is 2.37. The third-order valence-corrected chi connectivity index (χ3v) is 3.51. The summed E-state index contributed by atoms with van der Waals surface area (Å²) in [7, 11) is 0. The Morgan fingerprint density at radius 1 is 1.19 bits per heavy atom. The summed E-state index contributed by atoms with van der Waals surface area (Å²) in [6, 6.07) is 2.59. The quantitative estimate of drug-likeness (QED) is 0.865. The van der Waals surface area contributed by atoms with Crippen LogP contribution >= 0.6 is 34.8 Å². The molecule has 2 rings (SSSR count). The molecule has 0 radical (unpaired) electrons. The van der Waals surface area contributed by atoms with E-state index in [2.05, 4.69) is 9.97 Å². The van der Waals surface area contributed by atoms with Gasteiger partial charge in [0.15, 0.2) is 5.69 Å². The molecule has 0 aliphatic rings. The topological polar surface area (TPSA) is 63.1 Å². The lowest BCUT2D eigenvalue weighted by Gasteiger charge is -2.10. The summed E-state index contributed by atoms with van der Waals surface area (Å²) < 4.78 is 25.8. The fourth-order valence-electron chi connectivity index (χ4n) is 1.58. The number of hydrogen-bond donors (Lipinski definition) is 1. The summed E-state index contributed by atoms with van der Waals surface area (Å²) in [4.78, 5) is 18.6. The molecular weight excluding hydrogens is 348 g/mol. The summed E-state index contributed by atoms with van der Waals surface area (Å²) in [5.74, 6) is -1.36. The van der Waals surface area contributed by atoms with Gasteiger partial charge in [-0.25, -0.2) is 18.6 Å². The van der Waals surface area contributed by atoms with Crippen LogP contribution in [0.1, 0.15) is 22.5 Å². The van der Waals surface area contributed by atoms with Crippen LogP contribution in [0.5, 0.6) is 0 Å². The van der Waals surface area contributed by atoms with E-state index in [0.29, 0.717) is 0 Å². The summed E-state index contributed by atoms with van der Waals surface area (Å²) in [5, 5.41) is 8.19. The second-order valence-corrected chi connectivity index (χ2v) is 5.01. The minimum absolute atomic E-state index is 0.000340. The van der Waals surface area contributed by atoms with Gasteiger partial charge in [-0.15, -0.1) is 0 Å². The van der Waals surface area contributed by atoms with Crippen molar-refractivity contribution in [2.24, 2.45) is 0 Å². The monoisotopic (exact) mass is 352 g/mol. The molecule has 0 saturated heterocycles. The number of rotatable bonds is 3. The molecular formula is C12H5Cl3F2N2O2. The van der Waals surface area contributed by atoms with Crippen LogP contribution in [0.4, 0.5) is 8.78 Å². The summed E-state index contributed by atoms with van der Waals surface area (Å²) in [5.41, 5.74) is -1.12. The number of carboxylic acids is 1. The van der Waals surface area contributed by atoms with E-state index in [1.165, 1.54) is 12.1 Å². The van der Waals surface area contributed by atoms with Gasteiger partial charge in [0.2, 0.25) is 0 Å². The van der Waals surface area contributed by atoms with Gasteiger partial charge in [0.25, 0.3) is 6.43 Å². The van der Waals surface area contributed by atoms with Crippen LogP contribution in [0.15, 0.2) is 18.3 Å². The van der Waals surface area contributed by atoms with Gasteiger partial charge in [0, 0.05) is 6.20 Å². The number of alkyl halides is 2. The molecule has 9 heteroatoms. The minimum Gasteiger partial charge on any atom is -0.476 e. The molecule has 2 heterocycles. The van der Waals surface area contributed by atoms with Crippen LogP contribution in [0.3, 0.4) is 0 Å². The summed E-state index contributed by atoms with van der Waals surface area (Å²) in [6.07, 6.45) is -1.90. The van der Waals surface area contributed by atoms with Crippen LogP contribution in [0.25, 0.3) is 11.4 Å². The first kappa shape index (κ1) is 15.9. The summed E-state index contributed by atoms with van der Waals surface area (Å²) in [6.45, 7) is 0. The normalized spacial score (nSPS) is 11.0. The number of halogens is 5. The highest BCUT2D eigenvalue weighted by atomic mass is 35.5. The zero-order valence-corrected chi connectivity index (χ0v) is 12.2. The molecule has 2 aromatic rings. The van der Waals surface area contributed by atoms with Crippen molar-refractivity contribution in [3.8, 4) is 11.4 Å². The highest BCUT2D eigenvalue weighted by molar-refractivity contribution is 6.37. The maximum atomic E-state index is 12.9. The van der Waals surface area contributed by atoms with Crippen LogP contribution in [0, 0.1) is 0 Å². The van der Waals surface area contributed by atoms with E-state index < -0.39 is 23.7 Å². The predicted octanol–water partition coefficient (Wildman–Crippen LogP) is 4.74. The molecule has 4 nitrogen and oxygen atoms in total. The van der Waals surface area contributed by atoms with Gasteiger partial charge in [-0.2, -0.15) is 0 Å². The Morgan fingerprint density at radius 3 is 2.43 bits per heavy atom. The molecule has 0 aliphatic carbocycles. The Hall–Kier alpha value is -1.50. The fraction of sp³-hybridized carbons (Fsp3) is 0.0833. The first-order valence-corrected chi connectivity index (χ1v) is 6.48. The Bertz CT molecular complexity index is 726. The highest BCUT2D eigenvalue weighted by Crippen LogP contribution is 2.38. The molecule has 21 heavy (non-hydrogen) atoms. The highest BCUT2D eigenvalue weighted by Gasteiger charge is 2.22. The number of aromatic carboxylic acids is 1. The largest absolute Gasteiger partial charge is 0.476 e. The second-order valence-electron chi connectivity index (χ2n) is 3.82.